The second-order valence-electron chi connectivity index (χ2n) is 3.40. The van der Waals surface area contributed by atoms with Gasteiger partial charge in [0.25, 0.3) is 5.91 Å². The van der Waals surface area contributed by atoms with Crippen molar-refractivity contribution in [2.45, 2.75) is 6.92 Å². The fourth-order valence-electron chi connectivity index (χ4n) is 1.29. The van der Waals surface area contributed by atoms with Gasteiger partial charge in [-0.25, -0.2) is 4.98 Å². The number of anilines is 1. The Bertz CT molecular complexity index is 612. The lowest BCUT2D eigenvalue weighted by Gasteiger charge is -2.01. The standard InChI is InChI=1S/C10H7ClN6O/c1-5-8(15-12)9(17-16-5)10(18)14-7-3-2-6(11)4-13-7/h2-4H,1H3,(H,13,14,18). The van der Waals surface area contributed by atoms with Crippen molar-refractivity contribution < 1.29 is 9.58 Å². The first-order chi connectivity index (χ1) is 8.61. The molecule has 1 N–H and O–H groups in total. The molecule has 0 fully saturated rings. The van der Waals surface area contributed by atoms with Crippen molar-refractivity contribution in [1.29, 1.82) is 0 Å². The zero-order valence-electron chi connectivity index (χ0n) is 9.25. The Morgan fingerprint density at radius 3 is 2.83 bits per heavy atom. The molecule has 1 aliphatic heterocycles. The average Bonchev–Trinajstić information content (AvgIpc) is 2.73. The van der Waals surface area contributed by atoms with Crippen molar-refractivity contribution in [2.75, 3.05) is 5.32 Å². The number of carbonyl (C=O) groups excluding carboxylic acids is 1. The highest BCUT2D eigenvalue weighted by molar-refractivity contribution is 6.82. The Hall–Kier alpha value is -2.37. The van der Waals surface area contributed by atoms with Gasteiger partial charge in [-0.1, -0.05) is 11.6 Å². The van der Waals surface area contributed by atoms with E-state index < -0.39 is 5.91 Å². The summed E-state index contributed by atoms with van der Waals surface area (Å²) in [5.74, 6) is -0.243. The third-order valence-electron chi connectivity index (χ3n) is 2.15. The molecule has 18 heavy (non-hydrogen) atoms. The van der Waals surface area contributed by atoms with Crippen LogP contribution < -0.4 is 5.32 Å². The van der Waals surface area contributed by atoms with Crippen LogP contribution in [0.25, 0.3) is 5.53 Å². The molecule has 8 heteroatoms. The number of halogens is 1. The zero-order valence-corrected chi connectivity index (χ0v) is 10.0. The molecule has 0 saturated carbocycles. The Labute approximate surface area is 107 Å². The maximum absolute atomic E-state index is 11.8. The SMILES string of the molecule is CC1=NN=C(C(=O)Nc2ccc(Cl)cn2)C1=[N+]=[N-]. The van der Waals surface area contributed by atoms with Gasteiger partial charge < -0.3 is 10.8 Å². The maximum atomic E-state index is 11.8. The van der Waals surface area contributed by atoms with E-state index in [1.54, 1.807) is 19.1 Å². The second kappa shape index (κ2) is 4.87. The van der Waals surface area contributed by atoms with Crippen molar-refractivity contribution in [3.63, 3.8) is 0 Å². The molecule has 0 saturated heterocycles. The molecule has 90 valence electrons. The highest BCUT2D eigenvalue weighted by Crippen LogP contribution is 2.10. The topological polar surface area (TPSA) is 103 Å². The van der Waals surface area contributed by atoms with Gasteiger partial charge in [-0.2, -0.15) is 4.79 Å². The van der Waals surface area contributed by atoms with Crippen LogP contribution in [0.15, 0.2) is 28.5 Å². The molecule has 0 aliphatic carbocycles. The highest BCUT2D eigenvalue weighted by atomic mass is 35.5. The Balaban J connectivity index is 2.15. The smallest absolute Gasteiger partial charge is 0.361 e. The molecule has 0 bridgehead atoms. The van der Waals surface area contributed by atoms with Crippen molar-refractivity contribution in [3.8, 4) is 0 Å². The lowest BCUT2D eigenvalue weighted by atomic mass is 10.1. The zero-order chi connectivity index (χ0) is 13.1. The van der Waals surface area contributed by atoms with E-state index in [-0.39, 0.29) is 11.4 Å². The molecule has 0 aromatic carbocycles. The summed E-state index contributed by atoms with van der Waals surface area (Å²) in [5.41, 5.74) is 9.12. The number of nitrogens with one attached hydrogen (secondary N) is 1. The number of hydrogen-bond donors (Lipinski definition) is 1. The first-order valence-electron chi connectivity index (χ1n) is 4.90. The minimum Gasteiger partial charge on any atom is -0.361 e. The molecule has 7 nitrogen and oxygen atoms in total. The van der Waals surface area contributed by atoms with Crippen LogP contribution >= 0.6 is 11.6 Å². The lowest BCUT2D eigenvalue weighted by molar-refractivity contribution is -0.110. The van der Waals surface area contributed by atoms with E-state index in [1.807, 2.05) is 0 Å². The van der Waals surface area contributed by atoms with Crippen LogP contribution in [0.1, 0.15) is 6.92 Å². The number of pyridine rings is 1. The number of rotatable bonds is 2. The van der Waals surface area contributed by atoms with Crippen LogP contribution in [0.5, 0.6) is 0 Å². The van der Waals surface area contributed by atoms with Gasteiger partial charge in [0.2, 0.25) is 5.71 Å². The van der Waals surface area contributed by atoms with E-state index in [9.17, 15) is 4.79 Å². The normalized spacial score (nSPS) is 13.8. The fraction of sp³-hybridized carbons (Fsp3) is 0.100. The number of nitrogens with zero attached hydrogens (tertiary/aromatic N) is 5. The Morgan fingerprint density at radius 1 is 1.44 bits per heavy atom. The molecule has 1 aromatic heterocycles. The van der Waals surface area contributed by atoms with Crippen LogP contribution in [0.3, 0.4) is 0 Å². The molecule has 2 heterocycles. The molecular formula is C10H7ClN6O. The molecule has 1 amide bonds. The van der Waals surface area contributed by atoms with Crippen LogP contribution in [-0.4, -0.2) is 32.8 Å². The van der Waals surface area contributed by atoms with Gasteiger partial charge in [-0.3, -0.25) is 4.79 Å². The van der Waals surface area contributed by atoms with Gasteiger partial charge in [0.15, 0.2) is 5.71 Å². The van der Waals surface area contributed by atoms with Crippen molar-refractivity contribution >= 4 is 40.5 Å². The minimum atomic E-state index is -0.557. The molecular weight excluding hydrogens is 256 g/mol. The van der Waals surface area contributed by atoms with Crippen molar-refractivity contribution in [2.24, 2.45) is 10.2 Å². The second-order valence-corrected chi connectivity index (χ2v) is 3.83. The van der Waals surface area contributed by atoms with E-state index in [0.29, 0.717) is 16.6 Å². The van der Waals surface area contributed by atoms with Gasteiger partial charge in [0.1, 0.15) is 5.82 Å². The number of aromatic nitrogens is 1. The molecule has 0 atom stereocenters. The Kier molecular flexibility index (Phi) is 3.27. The first kappa shape index (κ1) is 12.1. The summed E-state index contributed by atoms with van der Waals surface area (Å²) in [6.07, 6.45) is 1.40. The third kappa shape index (κ3) is 2.32. The quantitative estimate of drug-likeness (QED) is 0.639. The predicted molar refractivity (Wildman–Crippen MR) is 67.0 cm³/mol. The monoisotopic (exact) mass is 262 g/mol. The lowest BCUT2D eigenvalue weighted by Crippen LogP contribution is -2.31. The molecule has 1 aromatic rings. The largest absolute Gasteiger partial charge is 0.371 e. The van der Waals surface area contributed by atoms with Crippen LogP contribution in [0.2, 0.25) is 5.02 Å². The van der Waals surface area contributed by atoms with E-state index in [2.05, 4.69) is 25.3 Å². The summed E-state index contributed by atoms with van der Waals surface area (Å²) < 4.78 is 0. The van der Waals surface area contributed by atoms with Crippen LogP contribution in [-0.2, 0) is 4.79 Å². The molecule has 0 radical (unpaired) electrons. The first-order valence-corrected chi connectivity index (χ1v) is 5.27. The number of amides is 1. The molecule has 2 rings (SSSR count). The number of carbonyl (C=O) groups is 1. The summed E-state index contributed by atoms with van der Waals surface area (Å²) in [6, 6.07) is 3.13. The van der Waals surface area contributed by atoms with Gasteiger partial charge in [-0.15, -0.1) is 10.2 Å². The fourth-order valence-corrected chi connectivity index (χ4v) is 1.40. The predicted octanol–water partition coefficient (Wildman–Crippen LogP) is 1.17. The third-order valence-corrected chi connectivity index (χ3v) is 2.37. The summed E-state index contributed by atoms with van der Waals surface area (Å²) in [4.78, 5) is 18.7. The average molecular weight is 263 g/mol. The summed E-state index contributed by atoms with van der Waals surface area (Å²) in [6.45, 7) is 1.58. The van der Waals surface area contributed by atoms with Gasteiger partial charge in [-0.05, 0) is 19.1 Å². The van der Waals surface area contributed by atoms with Crippen LogP contribution in [0, 0.1) is 0 Å². The molecule has 0 spiro atoms. The Morgan fingerprint density at radius 2 is 2.22 bits per heavy atom. The van der Waals surface area contributed by atoms with E-state index in [4.69, 9.17) is 17.1 Å². The number of hydrogen-bond acceptors (Lipinski definition) is 4. The molecule has 0 unspecified atom stereocenters. The van der Waals surface area contributed by atoms with E-state index in [0.717, 1.165) is 0 Å². The van der Waals surface area contributed by atoms with Gasteiger partial charge in [0, 0.05) is 6.20 Å². The molecule has 1 aliphatic rings. The van der Waals surface area contributed by atoms with Gasteiger partial charge in [0.05, 0.1) is 5.02 Å². The van der Waals surface area contributed by atoms with Crippen molar-refractivity contribution in [3.05, 3.63) is 28.9 Å². The van der Waals surface area contributed by atoms with E-state index >= 15 is 0 Å². The minimum absolute atomic E-state index is 0.0430. The van der Waals surface area contributed by atoms with Crippen LogP contribution in [0.4, 0.5) is 5.82 Å². The van der Waals surface area contributed by atoms with Gasteiger partial charge >= 0.3 is 5.71 Å². The van der Waals surface area contributed by atoms with Crippen molar-refractivity contribution in [1.82, 2.24) is 4.98 Å². The van der Waals surface area contributed by atoms with E-state index in [1.165, 1.54) is 6.20 Å². The highest BCUT2D eigenvalue weighted by Gasteiger charge is 2.32. The summed E-state index contributed by atoms with van der Waals surface area (Å²) >= 11 is 5.67. The maximum Gasteiger partial charge on any atom is 0.371 e. The summed E-state index contributed by atoms with van der Waals surface area (Å²) in [7, 11) is 0. The summed E-state index contributed by atoms with van der Waals surface area (Å²) in [5, 5.41) is 10.2.